The summed E-state index contributed by atoms with van der Waals surface area (Å²) in [4.78, 5) is 216. The minimum absolute atomic E-state index is 0.00670. The van der Waals surface area contributed by atoms with Crippen molar-refractivity contribution in [2.24, 2.45) is 34.8 Å². The fourth-order valence-corrected chi connectivity index (χ4v) is 12.8. The van der Waals surface area contributed by atoms with Crippen molar-refractivity contribution in [1.29, 1.82) is 0 Å². The minimum Gasteiger partial charge on any atom is -0.508 e. The second kappa shape index (κ2) is 47.2. The molecule has 14 amide bonds. The number of esters is 1. The van der Waals surface area contributed by atoms with Gasteiger partial charge in [-0.15, -0.1) is 0 Å². The third-order valence-electron chi connectivity index (χ3n) is 19.5. The van der Waals surface area contributed by atoms with E-state index in [1.807, 2.05) is 0 Å². The van der Waals surface area contributed by atoms with Crippen LogP contribution >= 0.6 is 0 Å². The topological polar surface area (TPSA) is 598 Å². The van der Waals surface area contributed by atoms with Gasteiger partial charge in [-0.1, -0.05) is 102 Å². The summed E-state index contributed by atoms with van der Waals surface area (Å²) in [5, 5.41) is 54.9. The molecule has 0 spiro atoms. The molecular formula is C78H113N19O18. The summed E-state index contributed by atoms with van der Waals surface area (Å²) >= 11 is 0. The Morgan fingerprint density at radius 3 is 1.56 bits per heavy atom. The van der Waals surface area contributed by atoms with Gasteiger partial charge >= 0.3 is 5.97 Å². The largest absolute Gasteiger partial charge is 0.508 e. The highest BCUT2D eigenvalue weighted by Crippen LogP contribution is 2.23. The number of ether oxygens (including phenoxy) is 1. The molecule has 0 bridgehead atoms. The van der Waals surface area contributed by atoms with Crippen molar-refractivity contribution < 1.29 is 86.9 Å². The molecule has 37 heteroatoms. The Kier molecular flexibility index (Phi) is 37.9. The van der Waals surface area contributed by atoms with E-state index >= 15 is 4.79 Å². The third kappa shape index (κ3) is 30.0. The summed E-state index contributed by atoms with van der Waals surface area (Å²) in [6.45, 7) is 5.65. The number of H-pyrrole nitrogens is 2. The highest BCUT2D eigenvalue weighted by molar-refractivity contribution is 6.01. The molecule has 2 aromatic heterocycles. The van der Waals surface area contributed by atoms with Crippen LogP contribution in [-0.2, 0) is 95.9 Å². The van der Waals surface area contributed by atoms with Crippen LogP contribution in [0.2, 0.25) is 0 Å². The molecule has 1 fully saturated rings. The van der Waals surface area contributed by atoms with Crippen molar-refractivity contribution in [2.75, 3.05) is 45.9 Å². The van der Waals surface area contributed by atoms with Gasteiger partial charge in [0.1, 0.15) is 78.8 Å². The van der Waals surface area contributed by atoms with Crippen LogP contribution in [-0.4, -0.2) is 221 Å². The van der Waals surface area contributed by atoms with Crippen LogP contribution in [0, 0.1) is 11.8 Å². The number of carbonyl (C=O) groups excluding carboxylic acids is 15. The van der Waals surface area contributed by atoms with Gasteiger partial charge in [-0.25, -0.2) is 0 Å². The molecule has 1 aliphatic heterocycles. The van der Waals surface area contributed by atoms with Crippen LogP contribution in [0.1, 0.15) is 135 Å². The maximum Gasteiger partial charge on any atom is 0.325 e. The summed E-state index contributed by atoms with van der Waals surface area (Å²) in [5.74, 6) is -14.3. The van der Waals surface area contributed by atoms with E-state index in [1.54, 1.807) is 74.8 Å². The number of aliphatic hydroxyl groups is 1. The molecule has 115 heavy (non-hydrogen) atoms. The Bertz CT molecular complexity index is 4150. The van der Waals surface area contributed by atoms with E-state index in [2.05, 4.69) is 92.9 Å². The summed E-state index contributed by atoms with van der Waals surface area (Å²) in [7, 11) is 0. The third-order valence-corrected chi connectivity index (χ3v) is 19.5. The van der Waals surface area contributed by atoms with E-state index in [0.29, 0.717) is 50.8 Å². The molecule has 5 aromatic rings. The Balaban J connectivity index is 1.22. The average Bonchev–Trinajstić information content (AvgIpc) is 1.73. The Labute approximate surface area is 665 Å². The highest BCUT2D eigenvalue weighted by Gasteiger charge is 2.40. The van der Waals surface area contributed by atoms with Crippen molar-refractivity contribution >= 4 is 110 Å². The van der Waals surface area contributed by atoms with Crippen LogP contribution < -0.4 is 92.1 Å². The molecule has 0 radical (unpaired) electrons. The molecule has 628 valence electrons. The number of hydrogen-bond acceptors (Lipinski definition) is 21. The van der Waals surface area contributed by atoms with Crippen LogP contribution in [0.4, 0.5) is 0 Å². The van der Waals surface area contributed by atoms with Crippen molar-refractivity contribution in [2.45, 2.75) is 204 Å². The van der Waals surface area contributed by atoms with Crippen LogP contribution in [0.25, 0.3) is 21.8 Å². The zero-order valence-electron chi connectivity index (χ0n) is 65.6. The fourth-order valence-electron chi connectivity index (χ4n) is 12.8. The van der Waals surface area contributed by atoms with Gasteiger partial charge in [0, 0.05) is 59.9 Å². The van der Waals surface area contributed by atoms with Crippen LogP contribution in [0.3, 0.4) is 0 Å². The molecular weight excluding hydrogens is 1490 g/mol. The van der Waals surface area contributed by atoms with Gasteiger partial charge in [0.2, 0.25) is 82.7 Å². The number of aromatic amines is 2. The van der Waals surface area contributed by atoms with Crippen LogP contribution in [0.5, 0.6) is 5.75 Å². The number of fused-ring (bicyclic) bond motifs is 2. The Morgan fingerprint density at radius 2 is 1.03 bits per heavy atom. The van der Waals surface area contributed by atoms with Crippen LogP contribution in [0.15, 0.2) is 85.2 Å². The zero-order chi connectivity index (χ0) is 84.3. The van der Waals surface area contributed by atoms with Gasteiger partial charge in [0.05, 0.1) is 26.1 Å². The van der Waals surface area contributed by atoms with E-state index in [-0.39, 0.29) is 96.0 Å². The summed E-state index contributed by atoms with van der Waals surface area (Å²) in [5.41, 5.74) is 26.0. The van der Waals surface area contributed by atoms with E-state index in [0.717, 1.165) is 19.3 Å². The maximum absolute atomic E-state index is 15.0. The SMILES string of the molecule is CC[C@H](C)[C@@H]1NC(=O)[C@@H](NC(=O)[C@H](Cc2c[nH]c3ccccc23)NC(=O)[C@@H](CCCN)NC(=O)CNC(=O)[C@H](CCCN)NC(=O)[C@@H](CCCN)NC(=O)[C@@H](Cc2c[nH]c3ccccc23)NC(=O)[C@@H](Cc2ccc(O)cc2)NC(=O)[C@@H](CO)NC(=O)CCCCCC(C)C)[C@@H](C)OC(=O)CNC(=O)CNC(=O)[C@H](CC(N)=O)NC1=O. The minimum atomic E-state index is -1.87. The smallest absolute Gasteiger partial charge is 0.325 e. The number of aromatic nitrogens is 2. The number of cyclic esters (lactones) is 1. The first-order chi connectivity index (χ1) is 54.9. The number of nitrogens with one attached hydrogen (secondary N) is 15. The molecule has 37 nitrogen and oxygen atoms in total. The number of phenolic OH excluding ortho intramolecular Hbond substituents is 1. The number of aliphatic hydroxyl groups excluding tert-OH is 1. The molecule has 3 aromatic carbocycles. The number of carbonyl (C=O) groups is 15. The van der Waals surface area contributed by atoms with E-state index in [4.69, 9.17) is 27.7 Å². The van der Waals surface area contributed by atoms with Gasteiger partial charge in [-0.05, 0) is 124 Å². The number of hydrogen-bond donors (Lipinski definition) is 21. The lowest BCUT2D eigenvalue weighted by molar-refractivity contribution is -0.153. The van der Waals surface area contributed by atoms with Crippen molar-refractivity contribution in [1.82, 2.24) is 79.1 Å². The normalized spacial score (nSPS) is 17.7. The molecule has 25 N–H and O–H groups in total. The number of para-hydroxylation sites is 2. The van der Waals surface area contributed by atoms with Crippen molar-refractivity contribution in [3.05, 3.63) is 102 Å². The summed E-state index contributed by atoms with van der Waals surface area (Å²) < 4.78 is 5.56. The molecule has 0 saturated carbocycles. The van der Waals surface area contributed by atoms with Gasteiger partial charge < -0.3 is 117 Å². The fraction of sp³-hybridized carbons (Fsp3) is 0.526. The number of aromatic hydroxyl groups is 1. The predicted octanol–water partition coefficient (Wildman–Crippen LogP) is -2.74. The zero-order valence-corrected chi connectivity index (χ0v) is 65.6. The first-order valence-corrected chi connectivity index (χ1v) is 38.9. The second-order valence-corrected chi connectivity index (χ2v) is 29.0. The number of amides is 14. The average molecular weight is 1600 g/mol. The summed E-state index contributed by atoms with van der Waals surface area (Å²) in [6, 6.07) is 4.50. The van der Waals surface area contributed by atoms with Gasteiger partial charge in [-0.3, -0.25) is 71.9 Å². The highest BCUT2D eigenvalue weighted by atomic mass is 16.5. The van der Waals surface area contributed by atoms with Gasteiger partial charge in [0.25, 0.3) is 0 Å². The summed E-state index contributed by atoms with van der Waals surface area (Å²) in [6.07, 6.45) is 3.82. The lowest BCUT2D eigenvalue weighted by atomic mass is 9.96. The van der Waals surface area contributed by atoms with E-state index in [9.17, 15) is 77.3 Å². The first kappa shape index (κ1) is 92.3. The van der Waals surface area contributed by atoms with E-state index in [1.165, 1.54) is 31.2 Å². The number of primary amides is 1. The molecule has 6 rings (SSSR count). The van der Waals surface area contributed by atoms with E-state index < -0.39 is 194 Å². The number of unbranched alkanes of at least 4 members (excludes halogenated alkanes) is 2. The molecule has 1 saturated heterocycles. The molecule has 1 aliphatic rings. The first-order valence-electron chi connectivity index (χ1n) is 38.9. The molecule has 0 unspecified atom stereocenters. The molecule has 3 heterocycles. The van der Waals surface area contributed by atoms with Gasteiger partial charge in [-0.2, -0.15) is 0 Å². The number of nitrogens with two attached hydrogens (primary N) is 4. The number of benzene rings is 3. The second-order valence-electron chi connectivity index (χ2n) is 29.0. The number of rotatable bonds is 43. The lowest BCUT2D eigenvalue weighted by Crippen LogP contribution is -2.63. The quantitative estimate of drug-likeness (QED) is 0.0139. The Hall–Kier alpha value is -11.6. The van der Waals surface area contributed by atoms with Crippen molar-refractivity contribution in [3.63, 3.8) is 0 Å². The van der Waals surface area contributed by atoms with Crippen molar-refractivity contribution in [3.8, 4) is 5.75 Å². The molecule has 0 aliphatic carbocycles. The van der Waals surface area contributed by atoms with Gasteiger partial charge in [0.15, 0.2) is 0 Å². The number of phenols is 1. The Morgan fingerprint density at radius 1 is 0.530 bits per heavy atom. The predicted molar refractivity (Wildman–Crippen MR) is 423 cm³/mol. The lowest BCUT2D eigenvalue weighted by Gasteiger charge is -2.31. The monoisotopic (exact) mass is 1600 g/mol. The maximum atomic E-state index is 15.0. The molecule has 12 atom stereocenters. The standard InChI is InChI=1S/C78H113N19O18/c1-6-44(4)67-77(113)95-60(36-62(82)100)70(106)86-39-64(102)85-41-66(104)115-45(5)68(78(114)96-67)97-75(111)59(35-48-38-84-53-21-13-11-19-51(48)53)93-71(107)55(23-15-31-80)88-65(103)40-87-69(105)54(22-14-30-79)90-72(108)56(24-16-32-81)91-74(110)58(34-47-37-83-52-20-12-10-18-50(47)52)94-73(109)57(33-46-26-28-49(99)29-27-46)92-76(112)61(42-98)89-63(101)25-9-7-8-17-43(2)3/h10-13,18-21,26-29,37-38,43-45,54-61,67-68,83-84,98-99H,6-9,14-17,22-25,30-36,39-42,79-81H2,1-5H3,(H2,82,100)(H,85,102)(H,86,106)(H,87,105)(H,88,103)(H,89,101)(H,90,108)(H,91,110)(H,92,112)(H,93,107)(H,94,109)(H,95,113)(H,96,114)(H,97,111)/t44-,45+,54-,55+,56+,57+,58+,59-,60-,61+,67-,68-/m0/s1.